The van der Waals surface area contributed by atoms with E-state index in [1.807, 2.05) is 0 Å². The Morgan fingerprint density at radius 1 is 1.12 bits per heavy atom. The number of thiophene rings is 1. The Kier molecular flexibility index (Phi) is 8.61. The highest BCUT2D eigenvalue weighted by Gasteiger charge is 2.15. The number of aryl methyl sites for hydroxylation is 1. The number of aromatic nitrogens is 6. The molecule has 0 saturated heterocycles. The number of hydrogen-bond donors (Lipinski definition) is 3. The average molecular weight is 574 g/mol. The number of carboxylic acid groups (broad SMARTS) is 1. The molecule has 0 radical (unpaired) electrons. The SMILES string of the molecule is O=C(O)c1ccc(COCc2csc3nc(C(=O)N=Cc4ccnc(OCCCc5ncn[nH]5)c4)[nH]c(=O)c23)cc1. The van der Waals surface area contributed by atoms with Crippen molar-refractivity contribution in [3.8, 4) is 5.88 Å². The number of aromatic amines is 2. The molecule has 14 heteroatoms. The van der Waals surface area contributed by atoms with Gasteiger partial charge in [0.15, 0.2) is 0 Å². The number of fused-ring (bicyclic) bond motifs is 1. The molecule has 5 rings (SSSR count). The van der Waals surface area contributed by atoms with Crippen molar-refractivity contribution in [2.45, 2.75) is 26.1 Å². The Hall–Kier alpha value is -5.08. The van der Waals surface area contributed by atoms with E-state index in [0.29, 0.717) is 46.7 Å². The molecule has 4 heterocycles. The van der Waals surface area contributed by atoms with Gasteiger partial charge in [0.2, 0.25) is 11.7 Å². The number of rotatable bonds is 12. The van der Waals surface area contributed by atoms with Crippen LogP contribution in [0.15, 0.2) is 64.1 Å². The number of pyridine rings is 1. The Morgan fingerprint density at radius 2 is 1.98 bits per heavy atom. The topological polar surface area (TPSA) is 185 Å². The summed E-state index contributed by atoms with van der Waals surface area (Å²) in [6.07, 6.45) is 5.76. The quantitative estimate of drug-likeness (QED) is 0.148. The maximum atomic E-state index is 12.8. The molecule has 0 atom stereocenters. The maximum Gasteiger partial charge on any atom is 0.335 e. The number of aromatic carboxylic acids is 1. The average Bonchev–Trinajstić information content (AvgIpc) is 3.65. The third-order valence-electron chi connectivity index (χ3n) is 5.81. The second kappa shape index (κ2) is 12.8. The van der Waals surface area contributed by atoms with E-state index >= 15 is 0 Å². The van der Waals surface area contributed by atoms with Gasteiger partial charge in [0.1, 0.15) is 17.0 Å². The molecule has 4 aromatic heterocycles. The van der Waals surface area contributed by atoms with E-state index in [0.717, 1.165) is 11.4 Å². The molecule has 5 aromatic rings. The predicted molar refractivity (Wildman–Crippen MR) is 148 cm³/mol. The van der Waals surface area contributed by atoms with E-state index < -0.39 is 17.4 Å². The summed E-state index contributed by atoms with van der Waals surface area (Å²) in [5.41, 5.74) is 1.74. The number of carbonyl (C=O) groups excluding carboxylic acids is 1. The number of ether oxygens (including phenoxy) is 2. The van der Waals surface area contributed by atoms with Crippen LogP contribution in [0.4, 0.5) is 0 Å². The number of hydrogen-bond acceptors (Lipinski definition) is 10. The Morgan fingerprint density at radius 3 is 2.76 bits per heavy atom. The summed E-state index contributed by atoms with van der Waals surface area (Å²) in [6.45, 7) is 0.799. The minimum absolute atomic E-state index is 0.142. The highest BCUT2D eigenvalue weighted by molar-refractivity contribution is 7.16. The largest absolute Gasteiger partial charge is 0.478 e. The number of carboxylic acids is 1. The fourth-order valence-electron chi connectivity index (χ4n) is 3.78. The molecular weight excluding hydrogens is 550 g/mol. The van der Waals surface area contributed by atoms with Crippen LogP contribution in [-0.4, -0.2) is 59.9 Å². The number of carbonyl (C=O) groups is 2. The lowest BCUT2D eigenvalue weighted by Gasteiger charge is -2.05. The number of H-pyrrole nitrogens is 2. The molecule has 0 fully saturated rings. The first-order valence-electron chi connectivity index (χ1n) is 12.4. The molecule has 0 unspecified atom stereocenters. The first-order valence-corrected chi connectivity index (χ1v) is 13.3. The summed E-state index contributed by atoms with van der Waals surface area (Å²) >= 11 is 1.22. The van der Waals surface area contributed by atoms with Crippen molar-refractivity contribution < 1.29 is 24.2 Å². The highest BCUT2D eigenvalue weighted by Crippen LogP contribution is 2.22. The second-order valence-corrected chi connectivity index (χ2v) is 9.58. The van der Waals surface area contributed by atoms with Gasteiger partial charge in [0.05, 0.1) is 30.8 Å². The molecule has 208 valence electrons. The van der Waals surface area contributed by atoms with E-state index in [4.69, 9.17) is 14.6 Å². The van der Waals surface area contributed by atoms with Crippen LogP contribution < -0.4 is 10.3 Å². The van der Waals surface area contributed by atoms with Crippen molar-refractivity contribution in [3.05, 3.63) is 98.6 Å². The van der Waals surface area contributed by atoms with Gasteiger partial charge in [-0.25, -0.2) is 24.7 Å². The number of benzene rings is 1. The van der Waals surface area contributed by atoms with Gasteiger partial charge in [0.25, 0.3) is 5.56 Å². The molecule has 0 bridgehead atoms. The highest BCUT2D eigenvalue weighted by atomic mass is 32.1. The minimum Gasteiger partial charge on any atom is -0.478 e. The summed E-state index contributed by atoms with van der Waals surface area (Å²) < 4.78 is 11.4. The first kappa shape index (κ1) is 27.5. The third-order valence-corrected chi connectivity index (χ3v) is 6.73. The number of amides is 1. The molecule has 0 aliphatic rings. The van der Waals surface area contributed by atoms with Gasteiger partial charge in [-0.05, 0) is 41.1 Å². The zero-order valence-electron chi connectivity index (χ0n) is 21.4. The van der Waals surface area contributed by atoms with E-state index in [1.54, 1.807) is 35.8 Å². The minimum atomic E-state index is -0.999. The second-order valence-electron chi connectivity index (χ2n) is 8.73. The Bertz CT molecular complexity index is 1750. The van der Waals surface area contributed by atoms with Crippen LogP contribution in [0.5, 0.6) is 5.88 Å². The molecule has 41 heavy (non-hydrogen) atoms. The third kappa shape index (κ3) is 7.12. The van der Waals surface area contributed by atoms with Crippen molar-refractivity contribution >= 4 is 39.6 Å². The first-order chi connectivity index (χ1) is 20.0. The van der Waals surface area contributed by atoms with Crippen LogP contribution in [0, 0.1) is 0 Å². The van der Waals surface area contributed by atoms with E-state index in [2.05, 4.69) is 35.1 Å². The van der Waals surface area contributed by atoms with Gasteiger partial charge in [0, 0.05) is 30.5 Å². The van der Waals surface area contributed by atoms with Crippen LogP contribution in [-0.2, 0) is 24.4 Å². The molecular formula is C27H23N7O6S. The van der Waals surface area contributed by atoms with E-state index in [9.17, 15) is 14.4 Å². The van der Waals surface area contributed by atoms with Crippen LogP contribution >= 0.6 is 11.3 Å². The van der Waals surface area contributed by atoms with E-state index in [1.165, 1.54) is 36.0 Å². The van der Waals surface area contributed by atoms with Crippen molar-refractivity contribution in [3.63, 3.8) is 0 Å². The molecule has 13 nitrogen and oxygen atoms in total. The summed E-state index contributed by atoms with van der Waals surface area (Å²) in [4.78, 5) is 55.8. The summed E-state index contributed by atoms with van der Waals surface area (Å²) in [6, 6.07) is 9.66. The van der Waals surface area contributed by atoms with Crippen LogP contribution in [0.25, 0.3) is 10.2 Å². The fourth-order valence-corrected chi connectivity index (χ4v) is 4.71. The van der Waals surface area contributed by atoms with Gasteiger partial charge in [-0.1, -0.05) is 12.1 Å². The Labute approximate surface area is 236 Å². The summed E-state index contributed by atoms with van der Waals surface area (Å²) in [5.74, 6) is -0.714. The van der Waals surface area contributed by atoms with Gasteiger partial charge in [-0.2, -0.15) is 5.10 Å². The van der Waals surface area contributed by atoms with Gasteiger partial charge in [-0.15, -0.1) is 11.3 Å². The van der Waals surface area contributed by atoms with Crippen molar-refractivity contribution in [2.75, 3.05) is 6.61 Å². The van der Waals surface area contributed by atoms with Gasteiger partial charge < -0.3 is 19.6 Å². The molecule has 3 N–H and O–H groups in total. The monoisotopic (exact) mass is 573 g/mol. The Balaban J connectivity index is 1.18. The maximum absolute atomic E-state index is 12.8. The molecule has 0 spiro atoms. The van der Waals surface area contributed by atoms with Crippen LogP contribution in [0.3, 0.4) is 0 Å². The molecule has 0 aliphatic carbocycles. The van der Waals surface area contributed by atoms with Gasteiger partial charge in [-0.3, -0.25) is 14.7 Å². The number of aliphatic imine (C=N–C) groups is 1. The lowest BCUT2D eigenvalue weighted by atomic mass is 10.1. The zero-order valence-corrected chi connectivity index (χ0v) is 22.3. The summed E-state index contributed by atoms with van der Waals surface area (Å²) in [7, 11) is 0. The van der Waals surface area contributed by atoms with Crippen LogP contribution in [0.2, 0.25) is 0 Å². The number of nitrogens with zero attached hydrogens (tertiary/aromatic N) is 5. The van der Waals surface area contributed by atoms with Crippen molar-refractivity contribution in [1.82, 2.24) is 30.1 Å². The molecule has 1 aromatic carbocycles. The van der Waals surface area contributed by atoms with E-state index in [-0.39, 0.29) is 24.6 Å². The van der Waals surface area contributed by atoms with Gasteiger partial charge >= 0.3 is 11.9 Å². The zero-order chi connectivity index (χ0) is 28.6. The van der Waals surface area contributed by atoms with Crippen LogP contribution in [0.1, 0.15) is 49.9 Å². The normalized spacial score (nSPS) is 11.3. The predicted octanol–water partition coefficient (Wildman–Crippen LogP) is 3.18. The number of nitrogens with one attached hydrogen (secondary N) is 2. The summed E-state index contributed by atoms with van der Waals surface area (Å²) in [5, 5.41) is 17.7. The molecule has 1 amide bonds. The lowest BCUT2D eigenvalue weighted by molar-refractivity contribution is 0.0696. The lowest BCUT2D eigenvalue weighted by Crippen LogP contribution is -2.15. The molecule has 0 aliphatic heterocycles. The van der Waals surface area contributed by atoms with Crippen molar-refractivity contribution in [2.24, 2.45) is 4.99 Å². The standard InChI is InChI=1S/C27H23N7O6S/c35-24-22-19(13-39-12-16-3-5-18(6-4-16)27(37)38)14-41-26(22)33-23(32-24)25(36)29-11-17-7-8-28-21(10-17)40-9-1-2-20-30-15-31-34-20/h3-8,10-11,14-15H,1-2,9,12-13H2,(H,37,38)(H,30,31,34)(H,32,33,35). The van der Waals surface area contributed by atoms with Crippen molar-refractivity contribution in [1.29, 1.82) is 0 Å². The molecule has 0 saturated carbocycles. The smallest absolute Gasteiger partial charge is 0.335 e. The fraction of sp³-hybridized carbons (Fsp3) is 0.185.